The predicted molar refractivity (Wildman–Crippen MR) is 79.8 cm³/mol. The van der Waals surface area contributed by atoms with E-state index in [4.69, 9.17) is 0 Å². The largest absolute Gasteiger partial charge is 0.465 e. The minimum Gasteiger partial charge on any atom is -0.465 e. The van der Waals surface area contributed by atoms with Crippen molar-refractivity contribution >= 4 is 33.5 Å². The number of carbonyl (C=O) groups excluding carboxylic acids is 2. The highest BCUT2D eigenvalue weighted by atomic mass is 79.9. The predicted octanol–water partition coefficient (Wildman–Crippen LogP) is 3.63. The molecule has 0 spiro atoms. The topological polar surface area (TPSA) is 55.4 Å². The average molecular weight is 352 g/mol. The lowest BCUT2D eigenvalue weighted by molar-refractivity contribution is 0.0602. The Labute approximate surface area is 129 Å². The molecule has 0 aliphatic heterocycles. The highest BCUT2D eigenvalue weighted by Crippen LogP contribution is 2.19. The highest BCUT2D eigenvalue weighted by molar-refractivity contribution is 9.10. The van der Waals surface area contributed by atoms with Gasteiger partial charge in [-0.2, -0.15) is 0 Å². The second-order valence-corrected chi connectivity index (χ2v) is 5.03. The summed E-state index contributed by atoms with van der Waals surface area (Å²) >= 11 is 3.12. The highest BCUT2D eigenvalue weighted by Gasteiger charge is 2.16. The zero-order chi connectivity index (χ0) is 15.4. The van der Waals surface area contributed by atoms with Crippen LogP contribution in [0.1, 0.15) is 20.7 Å². The Hall–Kier alpha value is -2.21. The number of esters is 1. The van der Waals surface area contributed by atoms with Gasteiger partial charge in [0.2, 0.25) is 0 Å². The molecule has 0 aromatic heterocycles. The van der Waals surface area contributed by atoms with E-state index in [-0.39, 0.29) is 16.8 Å². The van der Waals surface area contributed by atoms with Gasteiger partial charge in [-0.3, -0.25) is 4.79 Å². The molecule has 108 valence electrons. The van der Waals surface area contributed by atoms with Crippen LogP contribution in [0.2, 0.25) is 0 Å². The molecule has 0 atom stereocenters. The second-order valence-electron chi connectivity index (χ2n) is 4.12. The molecule has 0 heterocycles. The summed E-state index contributed by atoms with van der Waals surface area (Å²) in [6, 6.07) is 10.5. The van der Waals surface area contributed by atoms with Crippen molar-refractivity contribution in [2.24, 2.45) is 0 Å². The molecule has 2 rings (SSSR count). The number of amides is 1. The summed E-state index contributed by atoms with van der Waals surface area (Å²) in [5.74, 6) is -1.88. The lowest BCUT2D eigenvalue weighted by Crippen LogP contribution is -2.16. The number of ether oxygens (including phenoxy) is 1. The van der Waals surface area contributed by atoms with Crippen LogP contribution in [0.15, 0.2) is 46.9 Å². The molecule has 2 aromatic carbocycles. The van der Waals surface area contributed by atoms with Gasteiger partial charge >= 0.3 is 5.97 Å². The number of hydrogen-bond donors (Lipinski definition) is 1. The van der Waals surface area contributed by atoms with E-state index in [1.54, 1.807) is 24.3 Å². The molecule has 1 N–H and O–H groups in total. The number of benzene rings is 2. The number of para-hydroxylation sites is 1. The van der Waals surface area contributed by atoms with Gasteiger partial charge in [-0.25, -0.2) is 9.18 Å². The van der Waals surface area contributed by atoms with E-state index in [1.165, 1.54) is 25.3 Å². The minimum absolute atomic E-state index is 0.113. The first-order valence-electron chi connectivity index (χ1n) is 5.96. The van der Waals surface area contributed by atoms with E-state index in [2.05, 4.69) is 26.0 Å². The van der Waals surface area contributed by atoms with Gasteiger partial charge in [-0.1, -0.05) is 28.1 Å². The molecule has 0 aliphatic carbocycles. The molecular formula is C15H11BrFNO3. The summed E-state index contributed by atoms with van der Waals surface area (Å²) in [5, 5.41) is 2.51. The Morgan fingerprint density at radius 1 is 1.14 bits per heavy atom. The molecule has 0 bridgehead atoms. The third-order valence-corrected chi connectivity index (χ3v) is 3.25. The number of halogens is 2. The number of carbonyl (C=O) groups is 2. The Balaban J connectivity index is 2.30. The molecule has 1 amide bonds. The molecule has 0 saturated heterocycles. The third kappa shape index (κ3) is 3.46. The van der Waals surface area contributed by atoms with Crippen LogP contribution in [0.25, 0.3) is 0 Å². The minimum atomic E-state index is -0.655. The quantitative estimate of drug-likeness (QED) is 0.859. The number of hydrogen-bond acceptors (Lipinski definition) is 3. The van der Waals surface area contributed by atoms with Crippen LogP contribution < -0.4 is 5.32 Å². The second kappa shape index (κ2) is 6.49. The maximum Gasteiger partial charge on any atom is 0.339 e. The van der Waals surface area contributed by atoms with E-state index in [9.17, 15) is 14.0 Å². The number of anilines is 1. The molecule has 6 heteroatoms. The monoisotopic (exact) mass is 351 g/mol. The Bertz CT molecular complexity index is 703. The van der Waals surface area contributed by atoms with Crippen molar-refractivity contribution in [3.8, 4) is 0 Å². The van der Waals surface area contributed by atoms with Gasteiger partial charge in [-0.15, -0.1) is 0 Å². The first-order valence-corrected chi connectivity index (χ1v) is 6.76. The van der Waals surface area contributed by atoms with Gasteiger partial charge < -0.3 is 10.1 Å². The summed E-state index contributed by atoms with van der Waals surface area (Å²) in [5.41, 5.74) is 0.348. The van der Waals surface area contributed by atoms with E-state index in [0.717, 1.165) is 0 Å². The van der Waals surface area contributed by atoms with Gasteiger partial charge in [0.15, 0.2) is 0 Å². The van der Waals surface area contributed by atoms with Gasteiger partial charge in [0.1, 0.15) is 5.82 Å². The van der Waals surface area contributed by atoms with E-state index >= 15 is 0 Å². The van der Waals surface area contributed by atoms with Crippen molar-refractivity contribution in [3.05, 3.63) is 63.9 Å². The number of nitrogens with one attached hydrogen (secondary N) is 1. The van der Waals surface area contributed by atoms with E-state index in [0.29, 0.717) is 4.47 Å². The SMILES string of the molecule is COC(=O)c1ccccc1NC(=O)c1ccc(Br)cc1F. The molecule has 21 heavy (non-hydrogen) atoms. The molecule has 4 nitrogen and oxygen atoms in total. The molecule has 0 fully saturated rings. The summed E-state index contributed by atoms with van der Waals surface area (Å²) in [7, 11) is 1.25. The lowest BCUT2D eigenvalue weighted by Gasteiger charge is -2.10. The number of rotatable bonds is 3. The van der Waals surface area contributed by atoms with Crippen LogP contribution in [-0.2, 0) is 4.74 Å². The fourth-order valence-electron chi connectivity index (χ4n) is 1.74. The Morgan fingerprint density at radius 3 is 2.52 bits per heavy atom. The Kier molecular flexibility index (Phi) is 4.70. The zero-order valence-electron chi connectivity index (χ0n) is 11.0. The van der Waals surface area contributed by atoms with Crippen molar-refractivity contribution in [1.82, 2.24) is 0 Å². The first-order chi connectivity index (χ1) is 10.0. The van der Waals surface area contributed by atoms with Crippen LogP contribution in [0, 0.1) is 5.82 Å². The van der Waals surface area contributed by atoms with Crippen molar-refractivity contribution in [3.63, 3.8) is 0 Å². The van der Waals surface area contributed by atoms with Crippen molar-refractivity contribution in [2.75, 3.05) is 12.4 Å². The van der Waals surface area contributed by atoms with Crippen LogP contribution >= 0.6 is 15.9 Å². The van der Waals surface area contributed by atoms with Crippen LogP contribution in [0.4, 0.5) is 10.1 Å². The van der Waals surface area contributed by atoms with Crippen molar-refractivity contribution in [2.45, 2.75) is 0 Å². The van der Waals surface area contributed by atoms with E-state index in [1.807, 2.05) is 0 Å². The molecule has 0 unspecified atom stereocenters. The summed E-state index contributed by atoms with van der Waals surface area (Å²) in [6.45, 7) is 0. The maximum atomic E-state index is 13.7. The van der Waals surface area contributed by atoms with Gasteiger partial charge in [0.25, 0.3) is 5.91 Å². The van der Waals surface area contributed by atoms with Gasteiger partial charge in [-0.05, 0) is 30.3 Å². The standard InChI is InChI=1S/C15H11BrFNO3/c1-21-15(20)11-4-2-3-5-13(11)18-14(19)10-7-6-9(16)8-12(10)17/h2-8H,1H3,(H,18,19). The van der Waals surface area contributed by atoms with Crippen molar-refractivity contribution < 1.29 is 18.7 Å². The first kappa shape index (κ1) is 15.2. The summed E-state index contributed by atoms with van der Waals surface area (Å²) in [6.07, 6.45) is 0. The lowest BCUT2D eigenvalue weighted by atomic mass is 10.1. The molecule has 0 radical (unpaired) electrons. The zero-order valence-corrected chi connectivity index (χ0v) is 12.6. The normalized spacial score (nSPS) is 10.0. The molecule has 0 aliphatic rings. The number of methoxy groups -OCH3 is 1. The van der Waals surface area contributed by atoms with Crippen LogP contribution in [0.3, 0.4) is 0 Å². The van der Waals surface area contributed by atoms with Crippen LogP contribution in [0.5, 0.6) is 0 Å². The van der Waals surface area contributed by atoms with Gasteiger partial charge in [0.05, 0.1) is 23.9 Å². The average Bonchev–Trinajstić information content (AvgIpc) is 2.46. The van der Waals surface area contributed by atoms with Crippen LogP contribution in [-0.4, -0.2) is 19.0 Å². The fourth-order valence-corrected chi connectivity index (χ4v) is 2.08. The fraction of sp³-hybridized carbons (Fsp3) is 0.0667. The molecule has 0 saturated carbocycles. The Morgan fingerprint density at radius 2 is 1.86 bits per heavy atom. The van der Waals surface area contributed by atoms with Crippen molar-refractivity contribution in [1.29, 1.82) is 0 Å². The molecule has 2 aromatic rings. The maximum absolute atomic E-state index is 13.7. The smallest absolute Gasteiger partial charge is 0.339 e. The molecular weight excluding hydrogens is 341 g/mol. The van der Waals surface area contributed by atoms with E-state index < -0.39 is 17.7 Å². The summed E-state index contributed by atoms with van der Waals surface area (Å²) in [4.78, 5) is 23.7. The third-order valence-electron chi connectivity index (χ3n) is 2.76. The van der Waals surface area contributed by atoms with Gasteiger partial charge in [0, 0.05) is 4.47 Å². The summed E-state index contributed by atoms with van der Waals surface area (Å²) < 4.78 is 18.9.